The molecule has 0 radical (unpaired) electrons. The summed E-state index contributed by atoms with van der Waals surface area (Å²) in [6.45, 7) is 2.72. The van der Waals surface area contributed by atoms with Crippen molar-refractivity contribution >= 4 is 35.0 Å². The van der Waals surface area contributed by atoms with Gasteiger partial charge in [0.1, 0.15) is 11.0 Å². The Bertz CT molecular complexity index is 1230. The molecule has 1 heterocycles. The van der Waals surface area contributed by atoms with E-state index >= 15 is 0 Å². The maximum absolute atomic E-state index is 13.4. The Morgan fingerprint density at radius 1 is 1.06 bits per heavy atom. The SMILES string of the molecule is CCn1c(SC(C(=O)Nc2ccc(OC)c(Cl)c2)c2ccccc2)nnc1-c1ccccc1. The zero-order valence-corrected chi connectivity index (χ0v) is 19.8. The van der Waals surface area contributed by atoms with Crippen molar-refractivity contribution in [2.45, 2.75) is 23.9 Å². The Kier molecular flexibility index (Phi) is 7.32. The lowest BCUT2D eigenvalue weighted by Gasteiger charge is -2.17. The van der Waals surface area contributed by atoms with Crippen molar-refractivity contribution in [3.63, 3.8) is 0 Å². The molecule has 4 rings (SSSR count). The highest BCUT2D eigenvalue weighted by Gasteiger charge is 2.26. The maximum Gasteiger partial charge on any atom is 0.242 e. The van der Waals surface area contributed by atoms with E-state index in [1.807, 2.05) is 72.2 Å². The molecule has 1 N–H and O–H groups in total. The van der Waals surface area contributed by atoms with Crippen molar-refractivity contribution in [2.75, 3.05) is 12.4 Å². The summed E-state index contributed by atoms with van der Waals surface area (Å²) in [6.07, 6.45) is 0. The number of benzene rings is 3. The third-order valence-electron chi connectivity index (χ3n) is 5.05. The fraction of sp³-hybridized carbons (Fsp3) is 0.160. The van der Waals surface area contributed by atoms with E-state index in [2.05, 4.69) is 15.5 Å². The molecular formula is C25H23ClN4O2S. The normalized spacial score (nSPS) is 11.7. The molecule has 4 aromatic rings. The number of ether oxygens (including phenoxy) is 1. The molecule has 1 amide bonds. The smallest absolute Gasteiger partial charge is 0.242 e. The van der Waals surface area contributed by atoms with Crippen LogP contribution < -0.4 is 10.1 Å². The summed E-state index contributed by atoms with van der Waals surface area (Å²) in [5.74, 6) is 1.14. The summed E-state index contributed by atoms with van der Waals surface area (Å²) in [5, 5.41) is 12.4. The van der Waals surface area contributed by atoms with Crippen LogP contribution in [0.25, 0.3) is 11.4 Å². The van der Waals surface area contributed by atoms with E-state index in [0.717, 1.165) is 17.0 Å². The predicted molar refractivity (Wildman–Crippen MR) is 133 cm³/mol. The number of hydrogen-bond acceptors (Lipinski definition) is 5. The number of aromatic nitrogens is 3. The summed E-state index contributed by atoms with van der Waals surface area (Å²) in [4.78, 5) is 13.4. The number of amides is 1. The summed E-state index contributed by atoms with van der Waals surface area (Å²) in [7, 11) is 1.55. The monoisotopic (exact) mass is 478 g/mol. The van der Waals surface area contributed by atoms with Gasteiger partial charge in [-0.25, -0.2) is 0 Å². The van der Waals surface area contributed by atoms with Gasteiger partial charge in [0.15, 0.2) is 11.0 Å². The standard InChI is InChI=1S/C25H23ClN4O2S/c1-3-30-23(18-12-8-5-9-13-18)28-29-25(30)33-22(17-10-6-4-7-11-17)24(31)27-19-14-15-21(32-2)20(26)16-19/h4-16,22H,3H2,1-2H3,(H,27,31). The molecule has 0 saturated carbocycles. The lowest BCUT2D eigenvalue weighted by Crippen LogP contribution is -2.19. The van der Waals surface area contributed by atoms with Crippen LogP contribution in [0.1, 0.15) is 17.7 Å². The minimum absolute atomic E-state index is 0.181. The molecule has 1 unspecified atom stereocenters. The van der Waals surface area contributed by atoms with Gasteiger partial charge in [-0.05, 0) is 30.7 Å². The molecule has 0 aliphatic rings. The third kappa shape index (κ3) is 5.21. The first-order chi connectivity index (χ1) is 16.1. The zero-order chi connectivity index (χ0) is 23.2. The number of carbonyl (C=O) groups excluding carboxylic acids is 1. The third-order valence-corrected chi connectivity index (χ3v) is 6.58. The predicted octanol–water partition coefficient (Wildman–Crippen LogP) is 6.10. The Morgan fingerprint density at radius 2 is 1.76 bits per heavy atom. The molecule has 1 atom stereocenters. The van der Waals surface area contributed by atoms with Gasteiger partial charge in [0.25, 0.3) is 0 Å². The highest BCUT2D eigenvalue weighted by atomic mass is 35.5. The molecule has 33 heavy (non-hydrogen) atoms. The number of carbonyl (C=O) groups is 1. The molecule has 0 fully saturated rings. The van der Waals surface area contributed by atoms with Crippen LogP contribution in [-0.4, -0.2) is 27.8 Å². The van der Waals surface area contributed by atoms with Crippen molar-refractivity contribution in [1.82, 2.24) is 14.8 Å². The molecule has 1 aromatic heterocycles. The minimum Gasteiger partial charge on any atom is -0.495 e. The number of anilines is 1. The summed E-state index contributed by atoms with van der Waals surface area (Å²) < 4.78 is 7.22. The molecule has 0 aliphatic carbocycles. The number of nitrogens with zero attached hydrogens (tertiary/aromatic N) is 3. The molecule has 0 spiro atoms. The quantitative estimate of drug-likeness (QED) is 0.310. The topological polar surface area (TPSA) is 69.0 Å². The lowest BCUT2D eigenvalue weighted by atomic mass is 10.1. The summed E-state index contributed by atoms with van der Waals surface area (Å²) >= 11 is 7.60. The summed E-state index contributed by atoms with van der Waals surface area (Å²) in [5.41, 5.74) is 2.44. The van der Waals surface area contributed by atoms with Crippen molar-refractivity contribution < 1.29 is 9.53 Å². The minimum atomic E-state index is -0.537. The Hall–Kier alpha value is -3.29. The van der Waals surface area contributed by atoms with Gasteiger partial charge < -0.3 is 14.6 Å². The number of nitrogens with one attached hydrogen (secondary N) is 1. The number of rotatable bonds is 8. The average molecular weight is 479 g/mol. The Balaban J connectivity index is 1.64. The van der Waals surface area contributed by atoms with E-state index in [-0.39, 0.29) is 5.91 Å². The highest BCUT2D eigenvalue weighted by molar-refractivity contribution is 8.00. The first-order valence-electron chi connectivity index (χ1n) is 10.4. The van der Waals surface area contributed by atoms with Crippen molar-refractivity contribution in [3.05, 3.63) is 89.4 Å². The molecular weight excluding hydrogens is 456 g/mol. The van der Waals surface area contributed by atoms with Gasteiger partial charge in [-0.3, -0.25) is 4.79 Å². The van der Waals surface area contributed by atoms with Crippen LogP contribution in [0.2, 0.25) is 5.02 Å². The number of halogens is 1. The summed E-state index contributed by atoms with van der Waals surface area (Å²) in [6, 6.07) is 24.7. The van der Waals surface area contributed by atoms with Gasteiger partial charge in [-0.15, -0.1) is 10.2 Å². The van der Waals surface area contributed by atoms with Crippen LogP contribution in [0.3, 0.4) is 0 Å². The fourth-order valence-electron chi connectivity index (χ4n) is 3.42. The van der Waals surface area contributed by atoms with Gasteiger partial charge in [-0.1, -0.05) is 84.0 Å². The first-order valence-corrected chi connectivity index (χ1v) is 11.7. The number of methoxy groups -OCH3 is 1. The van der Waals surface area contributed by atoms with E-state index in [9.17, 15) is 4.79 Å². The van der Waals surface area contributed by atoms with Crippen LogP contribution in [-0.2, 0) is 11.3 Å². The van der Waals surface area contributed by atoms with Gasteiger partial charge in [0.2, 0.25) is 5.91 Å². The molecule has 8 heteroatoms. The van der Waals surface area contributed by atoms with Gasteiger partial charge >= 0.3 is 0 Å². The largest absolute Gasteiger partial charge is 0.495 e. The van der Waals surface area contributed by atoms with E-state index in [0.29, 0.717) is 28.2 Å². The second-order valence-corrected chi connectivity index (χ2v) is 8.64. The molecule has 168 valence electrons. The fourth-order valence-corrected chi connectivity index (χ4v) is 4.78. The van der Waals surface area contributed by atoms with Crippen LogP contribution in [0.15, 0.2) is 84.0 Å². The zero-order valence-electron chi connectivity index (χ0n) is 18.2. The molecule has 3 aromatic carbocycles. The first kappa shape index (κ1) is 22.9. The van der Waals surface area contributed by atoms with E-state index in [4.69, 9.17) is 16.3 Å². The second-order valence-electron chi connectivity index (χ2n) is 7.16. The lowest BCUT2D eigenvalue weighted by molar-refractivity contribution is -0.115. The van der Waals surface area contributed by atoms with E-state index in [1.54, 1.807) is 25.3 Å². The maximum atomic E-state index is 13.4. The second kappa shape index (κ2) is 10.6. The van der Waals surface area contributed by atoms with Crippen LogP contribution in [0.5, 0.6) is 5.75 Å². The van der Waals surface area contributed by atoms with Gasteiger partial charge in [-0.2, -0.15) is 0 Å². The van der Waals surface area contributed by atoms with Gasteiger partial charge in [0.05, 0.1) is 12.1 Å². The molecule has 6 nitrogen and oxygen atoms in total. The Labute approximate surface area is 202 Å². The molecule has 0 aliphatic heterocycles. The van der Waals surface area contributed by atoms with E-state index < -0.39 is 5.25 Å². The molecule has 0 bridgehead atoms. The van der Waals surface area contributed by atoms with Crippen LogP contribution in [0, 0.1) is 0 Å². The van der Waals surface area contributed by atoms with Crippen molar-refractivity contribution in [3.8, 4) is 17.1 Å². The van der Waals surface area contributed by atoms with E-state index in [1.165, 1.54) is 11.8 Å². The van der Waals surface area contributed by atoms with Crippen LogP contribution in [0.4, 0.5) is 5.69 Å². The van der Waals surface area contributed by atoms with Gasteiger partial charge in [0, 0.05) is 17.8 Å². The molecule has 0 saturated heterocycles. The van der Waals surface area contributed by atoms with Crippen molar-refractivity contribution in [2.24, 2.45) is 0 Å². The average Bonchev–Trinajstić information content (AvgIpc) is 3.26. The highest BCUT2D eigenvalue weighted by Crippen LogP contribution is 2.37. The van der Waals surface area contributed by atoms with Crippen LogP contribution >= 0.6 is 23.4 Å². The van der Waals surface area contributed by atoms with Crippen molar-refractivity contribution in [1.29, 1.82) is 0 Å². The number of thioether (sulfide) groups is 1. The number of hydrogen-bond donors (Lipinski definition) is 1. The Morgan fingerprint density at radius 3 is 2.39 bits per heavy atom.